The van der Waals surface area contributed by atoms with Gasteiger partial charge in [-0.25, -0.2) is 9.78 Å². The number of hydrogen-bond acceptors (Lipinski definition) is 2. The van der Waals surface area contributed by atoms with E-state index in [1.54, 1.807) is 37.3 Å². The second-order valence-corrected chi connectivity index (χ2v) is 6.21. The number of rotatable bonds is 5. The molecule has 0 aliphatic rings. The summed E-state index contributed by atoms with van der Waals surface area (Å²) >= 11 is 0. The second kappa shape index (κ2) is 7.51. The number of para-hydroxylation sites is 2. The Morgan fingerprint density at radius 3 is 2.69 bits per heavy atom. The summed E-state index contributed by atoms with van der Waals surface area (Å²) in [7, 11) is 0. The molecular formula is C19H20F2N4O. The molecule has 0 fully saturated rings. The summed E-state index contributed by atoms with van der Waals surface area (Å²) in [6.45, 7) is 1.18. The minimum atomic E-state index is -2.69. The number of anilines is 1. The molecule has 2 aromatic carbocycles. The second-order valence-electron chi connectivity index (χ2n) is 6.21. The molecule has 5 nitrogen and oxygen atoms in total. The number of nitrogens with one attached hydrogen (secondary N) is 2. The Kier molecular flexibility index (Phi) is 5.16. The van der Waals surface area contributed by atoms with Crippen molar-refractivity contribution in [2.24, 2.45) is 0 Å². The zero-order valence-electron chi connectivity index (χ0n) is 14.5. The molecule has 0 saturated heterocycles. The highest BCUT2D eigenvalue weighted by Crippen LogP contribution is 2.27. The summed E-state index contributed by atoms with van der Waals surface area (Å²) in [5, 5.41) is 5.44. The topological polar surface area (TPSA) is 59.0 Å². The highest BCUT2D eigenvalue weighted by molar-refractivity contribution is 5.89. The van der Waals surface area contributed by atoms with E-state index in [1.807, 2.05) is 25.1 Å². The number of hydrogen-bond donors (Lipinski definition) is 2. The minimum Gasteiger partial charge on any atom is -0.337 e. The number of fused-ring (bicyclic) bond motifs is 1. The van der Waals surface area contributed by atoms with Crippen molar-refractivity contribution in [2.45, 2.75) is 26.3 Å². The summed E-state index contributed by atoms with van der Waals surface area (Å²) in [6, 6.07) is 13.8. The van der Waals surface area contributed by atoms with Crippen molar-refractivity contribution in [1.29, 1.82) is 0 Å². The van der Waals surface area contributed by atoms with Gasteiger partial charge in [0.1, 0.15) is 5.82 Å². The average Bonchev–Trinajstić information content (AvgIpc) is 2.99. The lowest BCUT2D eigenvalue weighted by molar-refractivity contribution is 0.0705. The molecule has 3 aromatic rings. The van der Waals surface area contributed by atoms with Gasteiger partial charge in [-0.2, -0.15) is 8.78 Å². The summed E-state index contributed by atoms with van der Waals surface area (Å²) in [6.07, 6.45) is 0. The van der Waals surface area contributed by atoms with Gasteiger partial charge in [0.2, 0.25) is 0 Å². The number of amides is 2. The number of carbonyl (C=O) groups excluding carboxylic acids is 1. The number of urea groups is 1. The third-order valence-electron chi connectivity index (χ3n) is 4.10. The SMILES string of the molecule is Cc1cccc(NC(=O)NC[C@H](C)c2nc3ccccc3n2C(F)F)c1. The zero-order valence-corrected chi connectivity index (χ0v) is 14.5. The van der Waals surface area contributed by atoms with Crippen molar-refractivity contribution < 1.29 is 13.6 Å². The van der Waals surface area contributed by atoms with Crippen LogP contribution in [0.15, 0.2) is 48.5 Å². The van der Waals surface area contributed by atoms with Crippen LogP contribution in [0.2, 0.25) is 0 Å². The van der Waals surface area contributed by atoms with Crippen LogP contribution in [0.1, 0.15) is 30.8 Å². The quantitative estimate of drug-likeness (QED) is 0.697. The number of nitrogens with zero attached hydrogens (tertiary/aromatic N) is 2. The monoisotopic (exact) mass is 358 g/mol. The van der Waals surface area contributed by atoms with E-state index in [0.29, 0.717) is 16.7 Å². The van der Waals surface area contributed by atoms with Gasteiger partial charge in [-0.1, -0.05) is 31.2 Å². The molecule has 1 aromatic heterocycles. The minimum absolute atomic E-state index is 0.188. The predicted octanol–water partition coefficient (Wildman–Crippen LogP) is 4.67. The molecule has 0 aliphatic heterocycles. The number of halogens is 2. The van der Waals surface area contributed by atoms with Gasteiger partial charge in [-0.05, 0) is 36.8 Å². The van der Waals surface area contributed by atoms with E-state index in [9.17, 15) is 13.6 Å². The van der Waals surface area contributed by atoms with Gasteiger partial charge in [0, 0.05) is 18.2 Å². The molecule has 2 N–H and O–H groups in total. The van der Waals surface area contributed by atoms with E-state index >= 15 is 0 Å². The zero-order chi connectivity index (χ0) is 18.7. The molecule has 7 heteroatoms. The highest BCUT2D eigenvalue weighted by Gasteiger charge is 2.22. The Labute approximate surface area is 150 Å². The first-order valence-corrected chi connectivity index (χ1v) is 8.32. The maximum absolute atomic E-state index is 13.5. The van der Waals surface area contributed by atoms with Crippen LogP contribution in [0.4, 0.5) is 19.3 Å². The van der Waals surface area contributed by atoms with Gasteiger partial charge >= 0.3 is 12.6 Å². The van der Waals surface area contributed by atoms with Crippen LogP contribution in [0, 0.1) is 6.92 Å². The summed E-state index contributed by atoms with van der Waals surface area (Å²) in [4.78, 5) is 16.4. The van der Waals surface area contributed by atoms with Crippen LogP contribution < -0.4 is 10.6 Å². The van der Waals surface area contributed by atoms with Gasteiger partial charge in [0.25, 0.3) is 0 Å². The van der Waals surface area contributed by atoms with E-state index in [2.05, 4.69) is 15.6 Å². The predicted molar refractivity (Wildman–Crippen MR) is 97.6 cm³/mol. The molecule has 0 bridgehead atoms. The first-order chi connectivity index (χ1) is 12.5. The third kappa shape index (κ3) is 3.82. The molecule has 0 aliphatic carbocycles. The Morgan fingerprint density at radius 1 is 1.19 bits per heavy atom. The van der Waals surface area contributed by atoms with Crippen LogP contribution in [0.5, 0.6) is 0 Å². The van der Waals surface area contributed by atoms with E-state index in [-0.39, 0.29) is 24.3 Å². The Balaban J connectivity index is 1.70. The third-order valence-corrected chi connectivity index (χ3v) is 4.10. The first-order valence-electron chi connectivity index (χ1n) is 8.32. The summed E-state index contributed by atoms with van der Waals surface area (Å²) in [5.41, 5.74) is 2.60. The largest absolute Gasteiger partial charge is 0.337 e. The molecule has 2 amide bonds. The highest BCUT2D eigenvalue weighted by atomic mass is 19.3. The Bertz CT molecular complexity index is 923. The molecular weight excluding hydrogens is 338 g/mol. The number of benzene rings is 2. The average molecular weight is 358 g/mol. The van der Waals surface area contributed by atoms with Crippen molar-refractivity contribution in [1.82, 2.24) is 14.9 Å². The van der Waals surface area contributed by atoms with Gasteiger partial charge < -0.3 is 10.6 Å². The fourth-order valence-corrected chi connectivity index (χ4v) is 2.85. The molecule has 1 atom stereocenters. The first kappa shape index (κ1) is 17.8. The van der Waals surface area contributed by atoms with Crippen molar-refractivity contribution in [3.05, 3.63) is 59.9 Å². The number of alkyl halides is 2. The standard InChI is InChI=1S/C19H20F2N4O/c1-12-6-5-7-14(10-12)23-19(26)22-11-13(2)17-24-15-8-3-4-9-16(15)25(17)18(20)21/h3-10,13,18H,11H2,1-2H3,(H2,22,23,26)/t13-/m0/s1. The van der Waals surface area contributed by atoms with E-state index in [1.165, 1.54) is 0 Å². The lowest BCUT2D eigenvalue weighted by Gasteiger charge is -2.15. The molecule has 136 valence electrons. The van der Waals surface area contributed by atoms with Crippen LogP contribution >= 0.6 is 0 Å². The van der Waals surface area contributed by atoms with Gasteiger partial charge in [0.15, 0.2) is 0 Å². The van der Waals surface area contributed by atoms with Crippen molar-refractivity contribution in [2.75, 3.05) is 11.9 Å². The number of carbonyl (C=O) groups is 1. The molecule has 1 heterocycles. The number of aryl methyl sites for hydroxylation is 1. The molecule has 0 spiro atoms. The molecule has 0 radical (unpaired) electrons. The fraction of sp³-hybridized carbons (Fsp3) is 0.263. The van der Waals surface area contributed by atoms with Crippen molar-refractivity contribution >= 4 is 22.8 Å². The van der Waals surface area contributed by atoms with Gasteiger partial charge in [-0.3, -0.25) is 4.57 Å². The molecule has 0 unspecified atom stereocenters. The Morgan fingerprint density at radius 2 is 1.96 bits per heavy atom. The fourth-order valence-electron chi connectivity index (χ4n) is 2.85. The Hall–Kier alpha value is -2.96. The van der Waals surface area contributed by atoms with Crippen LogP contribution in [0.3, 0.4) is 0 Å². The normalized spacial score (nSPS) is 12.3. The van der Waals surface area contributed by atoms with Gasteiger partial charge in [-0.15, -0.1) is 0 Å². The number of imidazole rings is 1. The summed E-state index contributed by atoms with van der Waals surface area (Å²) in [5.74, 6) is -0.128. The van der Waals surface area contributed by atoms with Crippen LogP contribution in [0.25, 0.3) is 11.0 Å². The molecule has 26 heavy (non-hydrogen) atoms. The van der Waals surface area contributed by atoms with Gasteiger partial charge in [0.05, 0.1) is 11.0 Å². The van der Waals surface area contributed by atoms with Crippen molar-refractivity contribution in [3.63, 3.8) is 0 Å². The van der Waals surface area contributed by atoms with E-state index in [4.69, 9.17) is 0 Å². The van der Waals surface area contributed by atoms with E-state index in [0.717, 1.165) is 10.1 Å². The summed E-state index contributed by atoms with van der Waals surface area (Å²) < 4.78 is 27.9. The molecule has 0 saturated carbocycles. The lowest BCUT2D eigenvalue weighted by atomic mass is 10.1. The van der Waals surface area contributed by atoms with Crippen LogP contribution in [-0.2, 0) is 0 Å². The maximum Gasteiger partial charge on any atom is 0.320 e. The molecule has 3 rings (SSSR count). The van der Waals surface area contributed by atoms with Crippen LogP contribution in [-0.4, -0.2) is 22.1 Å². The smallest absolute Gasteiger partial charge is 0.320 e. The maximum atomic E-state index is 13.5. The van der Waals surface area contributed by atoms with Crippen molar-refractivity contribution in [3.8, 4) is 0 Å². The number of aromatic nitrogens is 2. The lowest BCUT2D eigenvalue weighted by Crippen LogP contribution is -2.32. The van der Waals surface area contributed by atoms with E-state index < -0.39 is 6.55 Å².